The van der Waals surface area contributed by atoms with E-state index in [1.807, 2.05) is 60.7 Å². The highest BCUT2D eigenvalue weighted by atomic mass is 15.1. The molecule has 0 amide bonds. The quantitative estimate of drug-likeness (QED) is 0.109. The average molecular weight is 871 g/mol. The van der Waals surface area contributed by atoms with E-state index in [1.54, 1.807) is 12.4 Å². The van der Waals surface area contributed by atoms with Gasteiger partial charge in [0.2, 0.25) is 5.52 Å². The van der Waals surface area contributed by atoms with Crippen molar-refractivity contribution in [1.29, 1.82) is 5.26 Å². The van der Waals surface area contributed by atoms with E-state index in [0.29, 0.717) is 44.5 Å². The van der Waals surface area contributed by atoms with Crippen LogP contribution in [0, 0.1) is 17.9 Å². The predicted molar refractivity (Wildman–Crippen MR) is 272 cm³/mol. The molecule has 9 aromatic carbocycles. The molecule has 0 aliphatic carbocycles. The topological polar surface area (TPSA) is 112 Å². The highest BCUT2D eigenvalue weighted by molar-refractivity contribution is 6.20. The van der Waals surface area contributed by atoms with Gasteiger partial charge in [-0.2, -0.15) is 5.26 Å². The van der Waals surface area contributed by atoms with Crippen LogP contribution in [0.1, 0.15) is 5.69 Å². The standard InChI is InChI=1S/C58H34N10/c1-60-58-47(36-59)63-56-55(66-58)53-52(61-34-35-62-53)54-57(56)65-51(46-31-33-49(44-29-17-15-27-42(44)46)68(39-22-10-4-11-23-39)40-24-12-5-13-25-40)50(64-54)45-30-32-48(43-28-16-14-26-41(43)45)67(37-18-6-2-7-19-37)38-20-8-3-9-21-38/h2-35H. The van der Waals surface area contributed by atoms with Gasteiger partial charge in [-0.1, -0.05) is 128 Å². The van der Waals surface area contributed by atoms with Crippen LogP contribution in [0.2, 0.25) is 0 Å². The number of rotatable bonds is 8. The molecule has 0 fully saturated rings. The highest BCUT2D eigenvalue weighted by Gasteiger charge is 2.27. The molecule has 0 saturated heterocycles. The SMILES string of the molecule is [C-]#[N+]c1nc2c3nccnc3c3nc(-c4ccc(N(c5ccccc5)c5ccccc5)c5ccccc45)c(-c4ccc(N(c5ccccc5)c5ccccc5)c5ccccc45)nc3c2nc1C#N. The van der Waals surface area contributed by atoms with Crippen molar-refractivity contribution in [3.63, 3.8) is 0 Å². The molecular formula is C58H34N10. The Morgan fingerprint density at radius 2 is 0.735 bits per heavy atom. The van der Waals surface area contributed by atoms with Gasteiger partial charge >= 0.3 is 5.82 Å². The molecule has 12 rings (SSSR count). The molecule has 0 unspecified atom stereocenters. The molecule has 0 bridgehead atoms. The molecule has 0 saturated carbocycles. The van der Waals surface area contributed by atoms with Gasteiger partial charge in [0.1, 0.15) is 33.7 Å². The number of hydrogen-bond donors (Lipinski definition) is 0. The summed E-state index contributed by atoms with van der Waals surface area (Å²) in [6.45, 7) is 7.84. The largest absolute Gasteiger partial charge is 0.358 e. The number of benzene rings is 9. The lowest BCUT2D eigenvalue weighted by Crippen LogP contribution is -2.11. The van der Waals surface area contributed by atoms with Crippen LogP contribution in [0.5, 0.6) is 0 Å². The molecule has 0 radical (unpaired) electrons. The Kier molecular flexibility index (Phi) is 9.67. The van der Waals surface area contributed by atoms with Gasteiger partial charge in [-0.3, -0.25) is 4.98 Å². The predicted octanol–water partition coefficient (Wildman–Crippen LogP) is 14.5. The molecule has 10 nitrogen and oxygen atoms in total. The number of aromatic nitrogens is 6. The van der Waals surface area contributed by atoms with E-state index in [2.05, 4.69) is 159 Å². The Bertz CT molecular complexity index is 3920. The third-order valence-corrected chi connectivity index (χ3v) is 12.2. The van der Waals surface area contributed by atoms with Crippen molar-refractivity contribution in [2.45, 2.75) is 0 Å². The summed E-state index contributed by atoms with van der Waals surface area (Å²) in [7, 11) is 0. The van der Waals surface area contributed by atoms with Gasteiger partial charge in [-0.15, -0.1) is 4.98 Å². The van der Waals surface area contributed by atoms with Crippen molar-refractivity contribution in [2.75, 3.05) is 9.80 Å². The second-order valence-corrected chi connectivity index (χ2v) is 16.1. The van der Waals surface area contributed by atoms with Crippen molar-refractivity contribution in [3.8, 4) is 28.6 Å². The molecule has 12 aromatic rings. The zero-order chi connectivity index (χ0) is 45.6. The second kappa shape index (κ2) is 16.6. The van der Waals surface area contributed by atoms with Crippen LogP contribution >= 0.6 is 0 Å². The van der Waals surface area contributed by atoms with Crippen LogP contribution in [-0.2, 0) is 0 Å². The third-order valence-electron chi connectivity index (χ3n) is 12.2. The Labute approximate surface area is 390 Å². The molecule has 0 spiro atoms. The van der Waals surface area contributed by atoms with Crippen LogP contribution in [0.4, 0.5) is 39.9 Å². The minimum absolute atomic E-state index is 0.107. The zero-order valence-electron chi connectivity index (χ0n) is 36.1. The van der Waals surface area contributed by atoms with E-state index in [9.17, 15) is 5.26 Å². The molecule has 3 heterocycles. The monoisotopic (exact) mass is 870 g/mol. The smallest absolute Gasteiger partial charge is 0.307 e. The first kappa shape index (κ1) is 39.7. The maximum Gasteiger partial charge on any atom is 0.307 e. The van der Waals surface area contributed by atoms with Crippen LogP contribution < -0.4 is 9.80 Å². The van der Waals surface area contributed by atoms with Gasteiger partial charge in [0, 0.05) is 57.0 Å². The van der Waals surface area contributed by atoms with Crippen LogP contribution in [0.25, 0.3) is 82.0 Å². The minimum atomic E-state index is -0.120. The lowest BCUT2D eigenvalue weighted by Gasteiger charge is -2.28. The van der Waals surface area contributed by atoms with Crippen LogP contribution in [0.3, 0.4) is 0 Å². The molecule has 68 heavy (non-hydrogen) atoms. The Hall–Kier alpha value is -9.90. The van der Waals surface area contributed by atoms with Crippen molar-refractivity contribution in [1.82, 2.24) is 29.9 Å². The van der Waals surface area contributed by atoms with E-state index >= 15 is 0 Å². The zero-order valence-corrected chi connectivity index (χ0v) is 36.1. The molecule has 10 heteroatoms. The van der Waals surface area contributed by atoms with Crippen molar-refractivity contribution >= 4 is 94.6 Å². The molecule has 0 N–H and O–H groups in total. The first-order chi connectivity index (χ1) is 33.7. The van der Waals surface area contributed by atoms with Crippen molar-refractivity contribution in [2.24, 2.45) is 0 Å². The molecule has 0 atom stereocenters. The summed E-state index contributed by atoms with van der Waals surface area (Å²) < 4.78 is 0. The van der Waals surface area contributed by atoms with Gasteiger partial charge in [0.25, 0.3) is 0 Å². The van der Waals surface area contributed by atoms with Crippen molar-refractivity contribution < 1.29 is 0 Å². The molecule has 3 aromatic heterocycles. The van der Waals surface area contributed by atoms with Gasteiger partial charge in [-0.05, 0) is 83.6 Å². The first-order valence-electron chi connectivity index (χ1n) is 22.0. The summed E-state index contributed by atoms with van der Waals surface area (Å²) in [5.41, 5.74) is 11.1. The number of para-hydroxylation sites is 4. The van der Waals surface area contributed by atoms with Crippen LogP contribution in [-0.4, -0.2) is 29.9 Å². The minimum Gasteiger partial charge on any atom is -0.358 e. The summed E-state index contributed by atoms with van der Waals surface area (Å²) >= 11 is 0. The fourth-order valence-corrected chi connectivity index (χ4v) is 9.27. The molecule has 0 aliphatic rings. The summed E-state index contributed by atoms with van der Waals surface area (Å²) in [6, 6.07) is 68.8. The first-order valence-corrected chi connectivity index (χ1v) is 22.0. The van der Waals surface area contributed by atoms with Gasteiger partial charge in [0.15, 0.2) is 5.69 Å². The second-order valence-electron chi connectivity index (χ2n) is 16.1. The van der Waals surface area contributed by atoms with E-state index in [4.69, 9.17) is 31.5 Å². The summed E-state index contributed by atoms with van der Waals surface area (Å²) in [6.07, 6.45) is 3.19. The number of anilines is 6. The number of nitrogens with zero attached hydrogens (tertiary/aromatic N) is 10. The average Bonchev–Trinajstić information content (AvgIpc) is 3.41. The maximum atomic E-state index is 10.2. The van der Waals surface area contributed by atoms with Gasteiger partial charge in [-0.25, -0.2) is 19.9 Å². The summed E-state index contributed by atoms with van der Waals surface area (Å²) in [4.78, 5) is 38.2. The summed E-state index contributed by atoms with van der Waals surface area (Å²) in [5, 5.41) is 14.1. The third kappa shape index (κ3) is 6.56. The summed E-state index contributed by atoms with van der Waals surface area (Å²) in [5.74, 6) is -0.120. The molecule has 316 valence electrons. The number of nitriles is 1. The fraction of sp³-hybridized carbons (Fsp3) is 0. The lowest BCUT2D eigenvalue weighted by molar-refractivity contribution is 1.23. The Morgan fingerprint density at radius 3 is 1.13 bits per heavy atom. The molecule has 0 aliphatic heterocycles. The highest BCUT2D eigenvalue weighted by Crippen LogP contribution is 2.47. The molecular weight excluding hydrogens is 837 g/mol. The Balaban J connectivity index is 1.19. The number of fused-ring (bicyclic) bond motifs is 8. The normalized spacial score (nSPS) is 11.2. The lowest BCUT2D eigenvalue weighted by atomic mass is 9.93. The van der Waals surface area contributed by atoms with E-state index in [0.717, 1.165) is 66.8 Å². The van der Waals surface area contributed by atoms with Gasteiger partial charge < -0.3 is 14.6 Å². The fourth-order valence-electron chi connectivity index (χ4n) is 9.27. The van der Waals surface area contributed by atoms with Gasteiger partial charge in [0.05, 0.1) is 22.8 Å². The van der Waals surface area contributed by atoms with E-state index in [-0.39, 0.29) is 11.5 Å². The number of hydrogen-bond acceptors (Lipinski definition) is 9. The van der Waals surface area contributed by atoms with Crippen LogP contribution in [0.15, 0.2) is 207 Å². The van der Waals surface area contributed by atoms with E-state index < -0.39 is 0 Å². The van der Waals surface area contributed by atoms with E-state index in [1.165, 1.54) is 0 Å². The van der Waals surface area contributed by atoms with Crippen molar-refractivity contribution in [3.05, 3.63) is 224 Å². The maximum absolute atomic E-state index is 10.2. The Morgan fingerprint density at radius 1 is 0.382 bits per heavy atom.